The first kappa shape index (κ1) is 18.9. The zero-order chi connectivity index (χ0) is 19.6. The normalized spacial score (nSPS) is 13.7. The van der Waals surface area contributed by atoms with Gasteiger partial charge in [0, 0.05) is 31.6 Å². The zero-order valence-electron chi connectivity index (χ0n) is 15.0. The number of aryl methyl sites for hydroxylation is 1. The molecule has 8 nitrogen and oxygen atoms in total. The van der Waals surface area contributed by atoms with E-state index in [1.54, 1.807) is 36.1 Å². The van der Waals surface area contributed by atoms with Gasteiger partial charge in [-0.15, -0.1) is 0 Å². The molecule has 1 fully saturated rings. The summed E-state index contributed by atoms with van der Waals surface area (Å²) < 4.78 is 4.88. The molecule has 0 spiro atoms. The van der Waals surface area contributed by atoms with Gasteiger partial charge in [0.15, 0.2) is 5.82 Å². The fraction of sp³-hybridized carbons (Fsp3) is 0.333. The molecule has 0 atom stereocenters. The molecule has 0 radical (unpaired) electrons. The maximum Gasteiger partial charge on any atom is 0.254 e. The van der Waals surface area contributed by atoms with Crippen LogP contribution in [0, 0.1) is 6.92 Å². The van der Waals surface area contributed by atoms with Crippen LogP contribution in [0.15, 0.2) is 28.8 Å². The quantitative estimate of drug-likeness (QED) is 0.846. The molecule has 1 saturated heterocycles. The van der Waals surface area contributed by atoms with Crippen LogP contribution in [0.3, 0.4) is 0 Å². The van der Waals surface area contributed by atoms with Crippen LogP contribution >= 0.6 is 11.6 Å². The number of benzene rings is 1. The van der Waals surface area contributed by atoms with Crippen LogP contribution < -0.4 is 10.2 Å². The Morgan fingerprint density at radius 2 is 2.15 bits per heavy atom. The number of carbonyl (C=O) groups is 3. The summed E-state index contributed by atoms with van der Waals surface area (Å²) in [5, 5.41) is 6.64. The van der Waals surface area contributed by atoms with E-state index in [1.807, 2.05) is 0 Å². The van der Waals surface area contributed by atoms with Crippen LogP contribution in [0.25, 0.3) is 0 Å². The number of likely N-dealkylation sites (N-methyl/N-ethyl adjacent to an activating group) is 1. The van der Waals surface area contributed by atoms with Crippen LogP contribution in [0.5, 0.6) is 0 Å². The third kappa shape index (κ3) is 4.28. The number of aromatic nitrogens is 1. The van der Waals surface area contributed by atoms with Crippen LogP contribution in [-0.4, -0.2) is 47.9 Å². The van der Waals surface area contributed by atoms with Crippen LogP contribution in [-0.2, 0) is 9.59 Å². The number of hydrogen-bond donors (Lipinski definition) is 1. The SMILES string of the molecule is Cc1cc(NC(=O)CN(C)C(=O)c2ccc(Cl)c(N3CCCC3=O)c2)no1. The van der Waals surface area contributed by atoms with Crippen molar-refractivity contribution >= 4 is 40.8 Å². The van der Waals surface area contributed by atoms with Gasteiger partial charge in [-0.05, 0) is 31.5 Å². The lowest BCUT2D eigenvalue weighted by atomic mass is 10.1. The molecule has 0 saturated carbocycles. The Morgan fingerprint density at radius 3 is 2.78 bits per heavy atom. The highest BCUT2D eigenvalue weighted by molar-refractivity contribution is 6.34. The van der Waals surface area contributed by atoms with E-state index in [1.165, 1.54) is 11.9 Å². The lowest BCUT2D eigenvalue weighted by molar-refractivity contribution is -0.117. The molecule has 3 rings (SSSR count). The third-order valence-corrected chi connectivity index (χ3v) is 4.50. The molecule has 1 aliphatic rings. The van der Waals surface area contributed by atoms with Gasteiger partial charge in [-0.2, -0.15) is 0 Å². The molecule has 2 aromatic rings. The average molecular weight is 391 g/mol. The average Bonchev–Trinajstić information content (AvgIpc) is 3.22. The Kier molecular flexibility index (Phi) is 5.46. The second kappa shape index (κ2) is 7.79. The first-order valence-electron chi connectivity index (χ1n) is 8.43. The molecule has 0 unspecified atom stereocenters. The summed E-state index contributed by atoms with van der Waals surface area (Å²) in [4.78, 5) is 39.6. The van der Waals surface area contributed by atoms with Crippen molar-refractivity contribution in [3.63, 3.8) is 0 Å². The summed E-state index contributed by atoms with van der Waals surface area (Å²) in [6.07, 6.45) is 1.23. The standard InChI is InChI=1S/C18H19ClN4O4/c1-11-8-15(21-27-11)20-16(24)10-22(2)18(26)12-5-6-13(19)14(9-12)23-7-3-4-17(23)25/h5-6,8-9H,3-4,7,10H2,1-2H3,(H,20,21,24). The van der Waals surface area contributed by atoms with Crippen molar-refractivity contribution < 1.29 is 18.9 Å². The van der Waals surface area contributed by atoms with Gasteiger partial charge in [0.2, 0.25) is 11.8 Å². The summed E-state index contributed by atoms with van der Waals surface area (Å²) in [6, 6.07) is 6.33. The summed E-state index contributed by atoms with van der Waals surface area (Å²) in [5.41, 5.74) is 0.864. The number of rotatable bonds is 5. The third-order valence-electron chi connectivity index (χ3n) is 4.18. The fourth-order valence-corrected chi connectivity index (χ4v) is 3.09. The minimum Gasteiger partial charge on any atom is -0.360 e. The molecule has 2 heterocycles. The Balaban J connectivity index is 1.69. The Morgan fingerprint density at radius 1 is 1.37 bits per heavy atom. The minimum atomic E-state index is -0.400. The maximum atomic E-state index is 12.7. The molecular weight excluding hydrogens is 372 g/mol. The highest BCUT2D eigenvalue weighted by Crippen LogP contribution is 2.30. The van der Waals surface area contributed by atoms with Crippen molar-refractivity contribution in [1.29, 1.82) is 0 Å². The summed E-state index contributed by atoms with van der Waals surface area (Å²) >= 11 is 6.20. The van der Waals surface area contributed by atoms with Crippen molar-refractivity contribution in [2.75, 3.05) is 30.4 Å². The fourth-order valence-electron chi connectivity index (χ4n) is 2.87. The summed E-state index contributed by atoms with van der Waals surface area (Å²) in [7, 11) is 1.52. The Hall–Kier alpha value is -2.87. The summed E-state index contributed by atoms with van der Waals surface area (Å²) in [5.74, 6) is 0.0887. The van der Waals surface area contributed by atoms with Gasteiger partial charge in [-0.25, -0.2) is 0 Å². The van der Waals surface area contributed by atoms with E-state index >= 15 is 0 Å². The van der Waals surface area contributed by atoms with Crippen LogP contribution in [0.2, 0.25) is 5.02 Å². The van der Waals surface area contributed by atoms with Gasteiger partial charge in [0.1, 0.15) is 5.76 Å². The molecule has 3 amide bonds. The van der Waals surface area contributed by atoms with E-state index in [0.717, 1.165) is 6.42 Å². The van der Waals surface area contributed by atoms with E-state index < -0.39 is 5.91 Å². The number of amides is 3. The van der Waals surface area contributed by atoms with Crippen molar-refractivity contribution in [3.8, 4) is 0 Å². The van der Waals surface area contributed by atoms with Crippen LogP contribution in [0.1, 0.15) is 29.0 Å². The van der Waals surface area contributed by atoms with E-state index in [4.69, 9.17) is 16.1 Å². The van der Waals surface area contributed by atoms with E-state index in [-0.39, 0.29) is 18.4 Å². The predicted molar refractivity (Wildman–Crippen MR) is 99.9 cm³/mol. The Labute approximate surface area is 161 Å². The monoisotopic (exact) mass is 390 g/mol. The number of nitrogens with zero attached hydrogens (tertiary/aromatic N) is 3. The number of anilines is 2. The molecule has 1 aromatic heterocycles. The van der Waals surface area contributed by atoms with Crippen molar-refractivity contribution in [1.82, 2.24) is 10.1 Å². The Bertz CT molecular complexity index is 895. The molecule has 9 heteroatoms. The van der Waals surface area contributed by atoms with Gasteiger partial charge in [0.25, 0.3) is 5.91 Å². The van der Waals surface area contributed by atoms with Crippen molar-refractivity contribution in [3.05, 3.63) is 40.6 Å². The first-order valence-corrected chi connectivity index (χ1v) is 8.81. The highest BCUT2D eigenvalue weighted by atomic mass is 35.5. The molecule has 0 bridgehead atoms. The van der Waals surface area contributed by atoms with Gasteiger partial charge >= 0.3 is 0 Å². The minimum absolute atomic E-state index is 0.0165. The molecule has 142 valence electrons. The second-order valence-corrected chi connectivity index (χ2v) is 6.75. The lowest BCUT2D eigenvalue weighted by Crippen LogP contribution is -2.35. The molecular formula is C18H19ClN4O4. The highest BCUT2D eigenvalue weighted by Gasteiger charge is 2.25. The molecule has 1 aliphatic heterocycles. The number of hydrogen-bond acceptors (Lipinski definition) is 5. The second-order valence-electron chi connectivity index (χ2n) is 6.35. The number of nitrogens with one attached hydrogen (secondary N) is 1. The first-order chi connectivity index (χ1) is 12.8. The maximum absolute atomic E-state index is 12.7. The molecule has 1 N–H and O–H groups in total. The van der Waals surface area contributed by atoms with E-state index in [9.17, 15) is 14.4 Å². The predicted octanol–water partition coefficient (Wildman–Crippen LogP) is 2.47. The van der Waals surface area contributed by atoms with Gasteiger partial charge < -0.3 is 19.6 Å². The molecule has 1 aromatic carbocycles. The smallest absolute Gasteiger partial charge is 0.254 e. The molecule has 0 aliphatic carbocycles. The van der Waals surface area contributed by atoms with Crippen molar-refractivity contribution in [2.24, 2.45) is 0 Å². The zero-order valence-corrected chi connectivity index (χ0v) is 15.7. The van der Waals surface area contributed by atoms with E-state index in [0.29, 0.717) is 40.8 Å². The van der Waals surface area contributed by atoms with Gasteiger partial charge in [-0.1, -0.05) is 16.8 Å². The topological polar surface area (TPSA) is 95.8 Å². The number of halogens is 1. The molecule has 27 heavy (non-hydrogen) atoms. The lowest BCUT2D eigenvalue weighted by Gasteiger charge is -2.20. The van der Waals surface area contributed by atoms with Gasteiger partial charge in [0.05, 0.1) is 17.3 Å². The largest absolute Gasteiger partial charge is 0.360 e. The van der Waals surface area contributed by atoms with Gasteiger partial charge in [-0.3, -0.25) is 14.4 Å². The van der Waals surface area contributed by atoms with E-state index in [2.05, 4.69) is 10.5 Å². The number of carbonyl (C=O) groups excluding carboxylic acids is 3. The van der Waals surface area contributed by atoms with Crippen molar-refractivity contribution in [2.45, 2.75) is 19.8 Å². The summed E-state index contributed by atoms with van der Waals surface area (Å²) in [6.45, 7) is 2.12. The van der Waals surface area contributed by atoms with Crippen LogP contribution in [0.4, 0.5) is 11.5 Å².